The molecule has 0 aliphatic heterocycles. The van der Waals surface area contributed by atoms with Crippen LogP contribution in [0.3, 0.4) is 0 Å². The molecule has 0 aliphatic carbocycles. The van der Waals surface area contributed by atoms with Crippen LogP contribution in [0.25, 0.3) is 22.6 Å². The van der Waals surface area contributed by atoms with Crippen molar-refractivity contribution in [3.05, 3.63) is 52.0 Å². The first-order chi connectivity index (χ1) is 8.65. The molecular formula is C15H12BrNO. The van der Waals surface area contributed by atoms with E-state index in [2.05, 4.69) is 40.8 Å². The van der Waals surface area contributed by atoms with Gasteiger partial charge in [-0.05, 0) is 49.2 Å². The highest BCUT2D eigenvalue weighted by Gasteiger charge is 2.11. The van der Waals surface area contributed by atoms with Crippen LogP contribution < -0.4 is 0 Å². The third kappa shape index (κ3) is 1.85. The largest absolute Gasteiger partial charge is 0.436 e. The summed E-state index contributed by atoms with van der Waals surface area (Å²) in [5.74, 6) is 0.667. The van der Waals surface area contributed by atoms with E-state index in [1.165, 1.54) is 5.56 Å². The molecule has 90 valence electrons. The molecule has 3 rings (SSSR count). The summed E-state index contributed by atoms with van der Waals surface area (Å²) in [7, 11) is 0. The van der Waals surface area contributed by atoms with Crippen molar-refractivity contribution in [1.82, 2.24) is 4.98 Å². The molecule has 0 N–H and O–H groups in total. The van der Waals surface area contributed by atoms with Crippen molar-refractivity contribution in [2.45, 2.75) is 13.8 Å². The molecule has 1 aromatic heterocycles. The van der Waals surface area contributed by atoms with E-state index < -0.39 is 0 Å². The van der Waals surface area contributed by atoms with Crippen LogP contribution in [0.4, 0.5) is 0 Å². The molecule has 3 aromatic rings. The van der Waals surface area contributed by atoms with E-state index in [1.54, 1.807) is 0 Å². The quantitative estimate of drug-likeness (QED) is 0.640. The van der Waals surface area contributed by atoms with E-state index in [9.17, 15) is 0 Å². The first-order valence-electron chi connectivity index (χ1n) is 5.78. The number of hydrogen-bond acceptors (Lipinski definition) is 2. The van der Waals surface area contributed by atoms with Crippen LogP contribution in [0.1, 0.15) is 11.1 Å². The Balaban J connectivity index is 2.23. The lowest BCUT2D eigenvalue weighted by Gasteiger charge is -1.97. The Kier molecular flexibility index (Phi) is 2.71. The van der Waals surface area contributed by atoms with Gasteiger partial charge in [-0.1, -0.05) is 28.1 Å². The normalized spacial score (nSPS) is 11.1. The number of aromatic nitrogens is 1. The Hall–Kier alpha value is -1.61. The van der Waals surface area contributed by atoms with Gasteiger partial charge in [-0.25, -0.2) is 4.98 Å². The standard InChI is InChI=1S/C15H12BrNO/c1-9-6-7-13-14(10(9)2)18-15(17-13)11-4-3-5-12(16)8-11/h3-8H,1-2H3. The van der Waals surface area contributed by atoms with Crippen molar-refractivity contribution in [2.75, 3.05) is 0 Å². The maximum atomic E-state index is 5.89. The minimum absolute atomic E-state index is 0.667. The van der Waals surface area contributed by atoms with Crippen LogP contribution in [-0.4, -0.2) is 4.98 Å². The zero-order valence-corrected chi connectivity index (χ0v) is 11.8. The van der Waals surface area contributed by atoms with Gasteiger partial charge in [0.1, 0.15) is 5.52 Å². The summed E-state index contributed by atoms with van der Waals surface area (Å²) in [5.41, 5.74) is 5.15. The fraction of sp³-hybridized carbons (Fsp3) is 0.133. The van der Waals surface area contributed by atoms with E-state index >= 15 is 0 Å². The number of halogens is 1. The van der Waals surface area contributed by atoms with Gasteiger partial charge in [0, 0.05) is 10.0 Å². The summed E-state index contributed by atoms with van der Waals surface area (Å²) < 4.78 is 6.91. The van der Waals surface area contributed by atoms with Crippen molar-refractivity contribution in [1.29, 1.82) is 0 Å². The van der Waals surface area contributed by atoms with Crippen LogP contribution in [0, 0.1) is 13.8 Å². The zero-order valence-electron chi connectivity index (χ0n) is 10.2. The molecule has 1 heterocycles. The van der Waals surface area contributed by atoms with Crippen LogP contribution >= 0.6 is 15.9 Å². The monoisotopic (exact) mass is 301 g/mol. The molecule has 0 amide bonds. The topological polar surface area (TPSA) is 26.0 Å². The number of benzene rings is 2. The molecule has 2 aromatic carbocycles. The minimum Gasteiger partial charge on any atom is -0.436 e. The van der Waals surface area contributed by atoms with Gasteiger partial charge in [-0.3, -0.25) is 0 Å². The summed E-state index contributed by atoms with van der Waals surface area (Å²) in [6.45, 7) is 4.14. The second-order valence-electron chi connectivity index (χ2n) is 4.39. The Morgan fingerprint density at radius 1 is 1.11 bits per heavy atom. The average molecular weight is 302 g/mol. The van der Waals surface area contributed by atoms with E-state index in [0.29, 0.717) is 5.89 Å². The second kappa shape index (κ2) is 4.25. The highest BCUT2D eigenvalue weighted by molar-refractivity contribution is 9.10. The lowest BCUT2D eigenvalue weighted by atomic mass is 10.1. The van der Waals surface area contributed by atoms with Gasteiger partial charge in [0.25, 0.3) is 0 Å². The molecule has 3 heteroatoms. The molecule has 2 nitrogen and oxygen atoms in total. The molecule has 0 atom stereocenters. The van der Waals surface area contributed by atoms with Crippen LogP contribution in [0.15, 0.2) is 45.3 Å². The lowest BCUT2D eigenvalue weighted by Crippen LogP contribution is -1.79. The van der Waals surface area contributed by atoms with Gasteiger partial charge in [-0.2, -0.15) is 0 Å². The summed E-state index contributed by atoms with van der Waals surface area (Å²) in [4.78, 5) is 4.54. The van der Waals surface area contributed by atoms with E-state index in [4.69, 9.17) is 4.42 Å². The predicted octanol–water partition coefficient (Wildman–Crippen LogP) is 4.87. The molecule has 18 heavy (non-hydrogen) atoms. The Bertz CT molecular complexity index is 730. The van der Waals surface area contributed by atoms with Crippen LogP contribution in [0.5, 0.6) is 0 Å². The zero-order chi connectivity index (χ0) is 12.7. The van der Waals surface area contributed by atoms with Crippen LogP contribution in [-0.2, 0) is 0 Å². The van der Waals surface area contributed by atoms with Gasteiger partial charge in [0.2, 0.25) is 5.89 Å². The highest BCUT2D eigenvalue weighted by Crippen LogP contribution is 2.28. The van der Waals surface area contributed by atoms with Crippen molar-refractivity contribution < 1.29 is 4.42 Å². The summed E-state index contributed by atoms with van der Waals surface area (Å²) in [6.07, 6.45) is 0. The third-order valence-electron chi connectivity index (χ3n) is 3.15. The van der Waals surface area contributed by atoms with Gasteiger partial charge in [-0.15, -0.1) is 0 Å². The van der Waals surface area contributed by atoms with E-state index in [-0.39, 0.29) is 0 Å². The Morgan fingerprint density at radius 3 is 2.72 bits per heavy atom. The molecule has 0 unspecified atom stereocenters. The first kappa shape index (κ1) is 11.5. The van der Waals surface area contributed by atoms with E-state index in [0.717, 1.165) is 26.7 Å². The molecule has 0 aliphatic rings. The molecule has 0 spiro atoms. The minimum atomic E-state index is 0.667. The van der Waals surface area contributed by atoms with Crippen molar-refractivity contribution in [2.24, 2.45) is 0 Å². The predicted molar refractivity (Wildman–Crippen MR) is 76.6 cm³/mol. The molecule has 0 fully saturated rings. The summed E-state index contributed by atoms with van der Waals surface area (Å²) >= 11 is 3.46. The highest BCUT2D eigenvalue weighted by atomic mass is 79.9. The van der Waals surface area contributed by atoms with Gasteiger partial charge < -0.3 is 4.42 Å². The molecular weight excluding hydrogens is 290 g/mol. The first-order valence-corrected chi connectivity index (χ1v) is 6.57. The number of aryl methyl sites for hydroxylation is 2. The van der Waals surface area contributed by atoms with Gasteiger partial charge in [0.05, 0.1) is 0 Å². The average Bonchev–Trinajstić information content (AvgIpc) is 2.79. The van der Waals surface area contributed by atoms with Gasteiger partial charge in [0.15, 0.2) is 5.58 Å². The number of fused-ring (bicyclic) bond motifs is 1. The number of oxazole rings is 1. The SMILES string of the molecule is Cc1ccc2nc(-c3cccc(Br)c3)oc2c1C. The van der Waals surface area contributed by atoms with E-state index in [1.807, 2.05) is 30.3 Å². The fourth-order valence-corrected chi connectivity index (χ4v) is 2.37. The Labute approximate surface area is 114 Å². The fourth-order valence-electron chi connectivity index (χ4n) is 1.97. The van der Waals surface area contributed by atoms with Gasteiger partial charge >= 0.3 is 0 Å². The maximum absolute atomic E-state index is 5.89. The second-order valence-corrected chi connectivity index (χ2v) is 5.30. The molecule has 0 saturated carbocycles. The summed E-state index contributed by atoms with van der Waals surface area (Å²) in [6, 6.07) is 12.0. The lowest BCUT2D eigenvalue weighted by molar-refractivity contribution is 0.617. The van der Waals surface area contributed by atoms with Crippen molar-refractivity contribution in [3.8, 4) is 11.5 Å². The molecule has 0 bridgehead atoms. The number of nitrogens with zero attached hydrogens (tertiary/aromatic N) is 1. The number of hydrogen-bond donors (Lipinski definition) is 0. The maximum Gasteiger partial charge on any atom is 0.227 e. The van der Waals surface area contributed by atoms with Crippen molar-refractivity contribution >= 4 is 27.0 Å². The Morgan fingerprint density at radius 2 is 1.94 bits per heavy atom. The third-order valence-corrected chi connectivity index (χ3v) is 3.64. The molecule has 0 saturated heterocycles. The van der Waals surface area contributed by atoms with Crippen LogP contribution in [0.2, 0.25) is 0 Å². The smallest absolute Gasteiger partial charge is 0.227 e. The number of rotatable bonds is 1. The van der Waals surface area contributed by atoms with Crippen molar-refractivity contribution in [3.63, 3.8) is 0 Å². The molecule has 0 radical (unpaired) electrons. The summed E-state index contributed by atoms with van der Waals surface area (Å²) in [5, 5.41) is 0.